The van der Waals surface area contributed by atoms with Crippen LogP contribution in [0.3, 0.4) is 0 Å². The van der Waals surface area contributed by atoms with E-state index in [-0.39, 0.29) is 11.2 Å². The molecule has 6 rings (SSSR count). The minimum atomic E-state index is -0.972. The summed E-state index contributed by atoms with van der Waals surface area (Å²) in [6, 6.07) is 18.2. The molecule has 0 amide bonds. The van der Waals surface area contributed by atoms with Gasteiger partial charge in [0.05, 0.1) is 18.5 Å². The molecule has 1 fully saturated rings. The smallest absolute Gasteiger partial charge is 0.324 e. The molecular weight excluding hydrogens is 709 g/mol. The van der Waals surface area contributed by atoms with Crippen molar-refractivity contribution < 1.29 is 27.8 Å². The highest BCUT2D eigenvalue weighted by Gasteiger charge is 2.24. The Kier molecular flexibility index (Phi) is 16.0. The standard InChI is InChI=1S/C23H28N4O3S.C18H28O3S/c1-16(2)22-25-23(30-26-22)27-12-10-17(11-13-27)15-29-19-6-9-21(24-14-19)18-4-7-20(8-5-18)31(3)28;1-3-4-5-6-7-8-11-22(19)15(2)12-16-9-10-17-18(13-16)21-14-20-17/h4-9,14,16-17H,10-13,15H2,1-3H3;9-10,13,15H,3-8,11-12,14H2,1-2H3. The summed E-state index contributed by atoms with van der Waals surface area (Å²) >= 11 is -1.71. The number of hydrogen-bond donors (Lipinski definition) is 0. The number of piperidine rings is 1. The van der Waals surface area contributed by atoms with Gasteiger partial charge in [0.15, 0.2) is 22.2 Å². The number of pyridine rings is 1. The first-order valence-corrected chi connectivity index (χ1v) is 22.0. The van der Waals surface area contributed by atoms with Crippen LogP contribution in [-0.4, -0.2) is 68.0 Å². The van der Waals surface area contributed by atoms with Gasteiger partial charge in [-0.1, -0.05) is 68.9 Å². The van der Waals surface area contributed by atoms with E-state index >= 15 is 0 Å². The van der Waals surface area contributed by atoms with Crippen LogP contribution >= 0.6 is 0 Å². The lowest BCUT2D eigenvalue weighted by Gasteiger charge is -2.30. The molecule has 1 saturated heterocycles. The van der Waals surface area contributed by atoms with Crippen molar-refractivity contribution in [1.82, 2.24) is 15.1 Å². The highest BCUT2D eigenvalue weighted by molar-refractivity contribution is 7.92. The summed E-state index contributed by atoms with van der Waals surface area (Å²) in [6.45, 7) is 11.2. The van der Waals surface area contributed by atoms with Crippen molar-refractivity contribution in [3.8, 4) is 28.5 Å². The summed E-state index contributed by atoms with van der Waals surface area (Å²) in [5.41, 5.74) is 3.04. The van der Waals surface area contributed by atoms with Crippen LogP contribution in [0.15, 0.2) is 70.2 Å². The third-order valence-electron chi connectivity index (χ3n) is 9.64. The molecule has 2 aromatic heterocycles. The maximum atomic E-state index is 12.3. The summed E-state index contributed by atoms with van der Waals surface area (Å²) in [6.07, 6.45) is 13.8. The van der Waals surface area contributed by atoms with Gasteiger partial charge in [0.2, 0.25) is 6.79 Å². The van der Waals surface area contributed by atoms with Crippen molar-refractivity contribution in [2.24, 2.45) is 5.92 Å². The minimum absolute atomic E-state index is 0.191. The second-order valence-electron chi connectivity index (χ2n) is 14.2. The van der Waals surface area contributed by atoms with E-state index in [1.54, 1.807) is 12.5 Å². The first-order valence-electron chi connectivity index (χ1n) is 19.1. The van der Waals surface area contributed by atoms with Crippen molar-refractivity contribution in [1.29, 1.82) is 0 Å². The average molecular weight is 765 g/mol. The van der Waals surface area contributed by atoms with Crippen LogP contribution < -0.4 is 19.1 Å². The maximum absolute atomic E-state index is 12.3. The van der Waals surface area contributed by atoms with Gasteiger partial charge in [0.1, 0.15) is 23.0 Å². The second-order valence-corrected chi connectivity index (χ2v) is 17.6. The molecule has 0 N–H and O–H groups in total. The van der Waals surface area contributed by atoms with Crippen molar-refractivity contribution in [3.05, 3.63) is 72.2 Å². The van der Waals surface area contributed by atoms with Gasteiger partial charge in [-0.05, 0) is 104 Å². The number of hydrogen-bond acceptors (Lipinski definition) is 10. The van der Waals surface area contributed by atoms with E-state index in [1.807, 2.05) is 54.6 Å². The minimum Gasteiger partial charge on any atom is -0.616 e. The Morgan fingerprint density at radius 1 is 0.906 bits per heavy atom. The van der Waals surface area contributed by atoms with E-state index in [2.05, 4.69) is 47.7 Å². The van der Waals surface area contributed by atoms with Crippen LogP contribution in [0.4, 0.5) is 6.01 Å². The van der Waals surface area contributed by atoms with Crippen LogP contribution in [0.25, 0.3) is 11.3 Å². The predicted octanol–water partition coefficient (Wildman–Crippen LogP) is 8.74. The van der Waals surface area contributed by atoms with Crippen molar-refractivity contribution in [2.45, 2.75) is 102 Å². The molecule has 53 heavy (non-hydrogen) atoms. The molecule has 0 bridgehead atoms. The molecule has 2 aliphatic heterocycles. The molecule has 0 spiro atoms. The van der Waals surface area contributed by atoms with Gasteiger partial charge in [0, 0.05) is 31.0 Å². The van der Waals surface area contributed by atoms with E-state index in [0.717, 1.165) is 83.8 Å². The molecule has 10 nitrogen and oxygen atoms in total. The second kappa shape index (κ2) is 20.9. The molecule has 0 saturated carbocycles. The Labute approximate surface area is 321 Å². The third-order valence-corrected chi connectivity index (χ3v) is 12.3. The van der Waals surface area contributed by atoms with Gasteiger partial charge in [-0.2, -0.15) is 4.98 Å². The topological polar surface area (TPSA) is 129 Å². The van der Waals surface area contributed by atoms with Gasteiger partial charge in [-0.3, -0.25) is 4.98 Å². The van der Waals surface area contributed by atoms with Crippen molar-refractivity contribution >= 4 is 28.4 Å². The first kappa shape index (κ1) is 40.7. The Bertz CT molecular complexity index is 1650. The SMILES string of the molecule is CC(C)c1noc(N2CCC(COc3ccc(-c4ccc([S+](C)[O-])cc4)nc3)CC2)n1.CCCCCCCC[S+]([O-])C(C)Cc1ccc2c(c1)OCO2. The fourth-order valence-electron chi connectivity index (χ4n) is 6.27. The molecule has 288 valence electrons. The van der Waals surface area contributed by atoms with Gasteiger partial charge >= 0.3 is 6.01 Å². The summed E-state index contributed by atoms with van der Waals surface area (Å²) in [5, 5.41) is 4.24. The Morgan fingerprint density at radius 3 is 2.32 bits per heavy atom. The molecule has 2 aromatic carbocycles. The molecule has 3 atom stereocenters. The number of ether oxygens (including phenoxy) is 3. The Morgan fingerprint density at radius 2 is 1.64 bits per heavy atom. The highest BCUT2D eigenvalue weighted by atomic mass is 32.2. The van der Waals surface area contributed by atoms with E-state index in [9.17, 15) is 9.11 Å². The quantitative estimate of drug-likeness (QED) is 0.0760. The lowest BCUT2D eigenvalue weighted by molar-refractivity contribution is 0.174. The number of anilines is 1. The van der Waals surface area contributed by atoms with Crippen LogP contribution in [0.1, 0.15) is 96.4 Å². The van der Waals surface area contributed by atoms with E-state index in [1.165, 1.54) is 37.7 Å². The van der Waals surface area contributed by atoms with E-state index in [4.69, 9.17) is 18.7 Å². The van der Waals surface area contributed by atoms with E-state index < -0.39 is 22.4 Å². The first-order chi connectivity index (χ1) is 25.7. The van der Waals surface area contributed by atoms with Crippen LogP contribution in [0.2, 0.25) is 0 Å². The zero-order valence-corrected chi connectivity index (χ0v) is 33.6. The fraction of sp³-hybridized carbons (Fsp3) is 0.537. The number of rotatable bonds is 17. The van der Waals surface area contributed by atoms with Gasteiger partial charge < -0.3 is 32.7 Å². The lowest BCUT2D eigenvalue weighted by Crippen LogP contribution is -2.35. The average Bonchev–Trinajstić information content (AvgIpc) is 3.87. The summed E-state index contributed by atoms with van der Waals surface area (Å²) < 4.78 is 46.0. The Balaban J connectivity index is 0.000000217. The normalized spacial score (nSPS) is 15.9. The molecule has 4 aromatic rings. The molecule has 12 heteroatoms. The molecular formula is C41H56N4O6S2. The summed E-state index contributed by atoms with van der Waals surface area (Å²) in [4.78, 5) is 12.0. The van der Waals surface area contributed by atoms with Crippen molar-refractivity contribution in [2.75, 3.05) is 43.4 Å². The molecule has 3 unspecified atom stereocenters. The molecule has 2 aliphatic rings. The van der Waals surface area contributed by atoms with Crippen molar-refractivity contribution in [3.63, 3.8) is 0 Å². The molecule has 4 heterocycles. The van der Waals surface area contributed by atoms with Gasteiger partial charge in [-0.15, -0.1) is 0 Å². The third kappa shape index (κ3) is 12.6. The fourth-order valence-corrected chi connectivity index (χ4v) is 8.06. The zero-order valence-electron chi connectivity index (χ0n) is 32.0. The number of unbranched alkanes of at least 4 members (excludes halogenated alkanes) is 5. The lowest BCUT2D eigenvalue weighted by atomic mass is 9.98. The van der Waals surface area contributed by atoms with Crippen LogP contribution in [-0.2, 0) is 28.8 Å². The molecule has 0 radical (unpaired) electrons. The van der Waals surface area contributed by atoms with Crippen LogP contribution in [0, 0.1) is 5.92 Å². The Hall–Kier alpha value is -3.45. The molecule has 0 aliphatic carbocycles. The number of aromatic nitrogens is 3. The number of benzene rings is 2. The highest BCUT2D eigenvalue weighted by Crippen LogP contribution is 2.33. The monoisotopic (exact) mass is 764 g/mol. The van der Waals surface area contributed by atoms with Gasteiger partial charge in [0.25, 0.3) is 0 Å². The largest absolute Gasteiger partial charge is 0.616 e. The number of nitrogens with zero attached hydrogens (tertiary/aromatic N) is 4. The van der Waals surface area contributed by atoms with Crippen LogP contribution in [0.5, 0.6) is 17.2 Å². The predicted molar refractivity (Wildman–Crippen MR) is 213 cm³/mol. The summed E-state index contributed by atoms with van der Waals surface area (Å²) in [7, 11) is 0. The number of fused-ring (bicyclic) bond motifs is 1. The zero-order chi connectivity index (χ0) is 37.6. The maximum Gasteiger partial charge on any atom is 0.324 e. The van der Waals surface area contributed by atoms with E-state index in [0.29, 0.717) is 25.3 Å². The summed E-state index contributed by atoms with van der Waals surface area (Å²) in [5.74, 6) is 4.74. The van der Waals surface area contributed by atoms with Gasteiger partial charge in [-0.25, -0.2) is 0 Å².